The zero-order valence-electron chi connectivity index (χ0n) is 20.1. The third-order valence-electron chi connectivity index (χ3n) is 7.68. The van der Waals surface area contributed by atoms with Crippen LogP contribution in [-0.2, 0) is 22.9 Å². The lowest BCUT2D eigenvalue weighted by Gasteiger charge is -2.45. The van der Waals surface area contributed by atoms with E-state index in [0.29, 0.717) is 18.7 Å². The molecule has 2 fully saturated rings. The van der Waals surface area contributed by atoms with Crippen molar-refractivity contribution in [2.24, 2.45) is 5.92 Å². The highest BCUT2D eigenvalue weighted by Crippen LogP contribution is 2.45. The number of halogens is 3. The summed E-state index contributed by atoms with van der Waals surface area (Å²) in [5.41, 5.74) is 0.772. The number of ether oxygens (including phenoxy) is 1. The summed E-state index contributed by atoms with van der Waals surface area (Å²) >= 11 is 0. The Hall–Kier alpha value is -2.58. The first-order valence-electron chi connectivity index (χ1n) is 12.1. The average Bonchev–Trinajstić information content (AvgIpc) is 3.28. The van der Waals surface area contributed by atoms with Gasteiger partial charge in [-0.1, -0.05) is 30.3 Å². The topological polar surface area (TPSA) is 61.8 Å². The Labute approximate surface area is 204 Å². The normalized spacial score (nSPS) is 27.2. The van der Waals surface area contributed by atoms with Gasteiger partial charge in [0.2, 0.25) is 0 Å². The van der Waals surface area contributed by atoms with Crippen molar-refractivity contribution in [1.82, 2.24) is 10.2 Å². The van der Waals surface area contributed by atoms with Crippen LogP contribution in [0.5, 0.6) is 5.75 Å². The van der Waals surface area contributed by atoms with Crippen molar-refractivity contribution in [3.8, 4) is 5.75 Å². The lowest BCUT2D eigenvalue weighted by Crippen LogP contribution is -2.44. The number of carbonyl (C=O) groups is 1. The second-order valence-corrected chi connectivity index (χ2v) is 10.0. The van der Waals surface area contributed by atoms with Crippen LogP contribution in [0.2, 0.25) is 0 Å². The molecule has 5 nitrogen and oxygen atoms in total. The molecule has 1 saturated heterocycles. The number of alkyl halides is 3. The van der Waals surface area contributed by atoms with Gasteiger partial charge in [0.05, 0.1) is 5.56 Å². The molecule has 35 heavy (non-hydrogen) atoms. The summed E-state index contributed by atoms with van der Waals surface area (Å²) < 4.78 is 47.3. The van der Waals surface area contributed by atoms with Crippen LogP contribution in [0.25, 0.3) is 0 Å². The van der Waals surface area contributed by atoms with E-state index in [4.69, 9.17) is 9.84 Å². The molecule has 1 aliphatic heterocycles. The van der Waals surface area contributed by atoms with E-state index in [1.54, 1.807) is 0 Å². The molecule has 0 aromatic heterocycles. The number of rotatable bonds is 7. The summed E-state index contributed by atoms with van der Waals surface area (Å²) in [5, 5.41) is 12.0. The minimum Gasteiger partial charge on any atom is -0.489 e. The molecule has 0 bridgehead atoms. The number of carboxylic acids is 1. The maximum absolute atomic E-state index is 13.8. The third-order valence-corrected chi connectivity index (χ3v) is 7.68. The van der Waals surface area contributed by atoms with Crippen LogP contribution < -0.4 is 10.1 Å². The van der Waals surface area contributed by atoms with Gasteiger partial charge < -0.3 is 15.2 Å². The quantitative estimate of drug-likeness (QED) is 0.566. The summed E-state index contributed by atoms with van der Waals surface area (Å²) in [5.74, 6) is -0.452. The van der Waals surface area contributed by atoms with Crippen LogP contribution in [0.4, 0.5) is 13.2 Å². The monoisotopic (exact) mass is 490 g/mol. The Morgan fingerprint density at radius 2 is 1.83 bits per heavy atom. The molecule has 1 aliphatic carbocycles. The second-order valence-electron chi connectivity index (χ2n) is 10.0. The van der Waals surface area contributed by atoms with E-state index >= 15 is 0 Å². The number of nitrogens with zero attached hydrogens (tertiary/aromatic N) is 1. The van der Waals surface area contributed by atoms with Crippen molar-refractivity contribution >= 4 is 5.97 Å². The Morgan fingerprint density at radius 3 is 2.40 bits per heavy atom. The van der Waals surface area contributed by atoms with Gasteiger partial charge in [-0.25, -0.2) is 0 Å². The molecular formula is C27H33F3N2O3. The predicted octanol–water partition coefficient (Wildman–Crippen LogP) is 5.09. The minimum absolute atomic E-state index is 0.105. The summed E-state index contributed by atoms with van der Waals surface area (Å²) in [7, 11) is 4.14. The van der Waals surface area contributed by atoms with Gasteiger partial charge in [-0.2, -0.15) is 13.2 Å². The third kappa shape index (κ3) is 5.64. The van der Waals surface area contributed by atoms with Crippen molar-refractivity contribution in [2.75, 3.05) is 20.6 Å². The maximum Gasteiger partial charge on any atom is 0.416 e. The van der Waals surface area contributed by atoms with Crippen LogP contribution in [0, 0.1) is 5.92 Å². The van der Waals surface area contributed by atoms with Crippen molar-refractivity contribution in [3.05, 3.63) is 65.2 Å². The zero-order chi connectivity index (χ0) is 25.2. The first-order valence-corrected chi connectivity index (χ1v) is 12.1. The zero-order valence-corrected chi connectivity index (χ0v) is 20.1. The second kappa shape index (κ2) is 10.2. The molecule has 1 heterocycles. The first kappa shape index (κ1) is 25.5. The highest BCUT2D eigenvalue weighted by Gasteiger charge is 2.40. The van der Waals surface area contributed by atoms with E-state index in [9.17, 15) is 18.0 Å². The maximum atomic E-state index is 13.8. The van der Waals surface area contributed by atoms with Crippen LogP contribution in [0.15, 0.2) is 48.5 Å². The number of aliphatic carboxylic acids is 1. The fourth-order valence-electron chi connectivity index (χ4n) is 5.68. The van der Waals surface area contributed by atoms with E-state index in [0.717, 1.165) is 31.7 Å². The SMILES string of the molecule is CN(C)C1(c2ccccc2)CCC(Cc2cc(O[C@@H]3CN[C@H](C(=O)O)C3)ccc2C(F)(F)F)CC1. The van der Waals surface area contributed by atoms with Crippen LogP contribution in [0.1, 0.15) is 48.8 Å². The molecule has 2 aromatic carbocycles. The lowest BCUT2D eigenvalue weighted by atomic mass is 9.70. The van der Waals surface area contributed by atoms with Gasteiger partial charge in [0.15, 0.2) is 0 Å². The van der Waals surface area contributed by atoms with Gasteiger partial charge >= 0.3 is 12.1 Å². The van der Waals surface area contributed by atoms with Gasteiger partial charge in [-0.05, 0) is 81.4 Å². The highest BCUT2D eigenvalue weighted by atomic mass is 19.4. The minimum atomic E-state index is -4.44. The van der Waals surface area contributed by atoms with Gasteiger partial charge in [-0.15, -0.1) is 0 Å². The molecule has 0 unspecified atom stereocenters. The van der Waals surface area contributed by atoms with Gasteiger partial charge in [0.25, 0.3) is 0 Å². The van der Waals surface area contributed by atoms with Crippen molar-refractivity contribution in [2.45, 2.75) is 62.4 Å². The van der Waals surface area contributed by atoms with Gasteiger partial charge in [0, 0.05) is 18.5 Å². The highest BCUT2D eigenvalue weighted by molar-refractivity contribution is 5.73. The fraction of sp³-hybridized carbons (Fsp3) is 0.519. The van der Waals surface area contributed by atoms with E-state index < -0.39 is 23.8 Å². The summed E-state index contributed by atoms with van der Waals surface area (Å²) in [4.78, 5) is 13.4. The summed E-state index contributed by atoms with van der Waals surface area (Å²) in [6.07, 6.45) is -0.770. The number of hydrogen-bond donors (Lipinski definition) is 2. The lowest BCUT2D eigenvalue weighted by molar-refractivity contribution is -0.139. The number of hydrogen-bond acceptors (Lipinski definition) is 4. The van der Waals surface area contributed by atoms with Crippen molar-refractivity contribution in [1.29, 1.82) is 0 Å². The standard InChI is InChI=1S/C27H33F3N2O3/c1-32(2)26(20-6-4-3-5-7-20)12-10-18(11-13-26)14-19-15-21(8-9-23(19)27(28,29)30)35-22-16-24(25(33)34)31-17-22/h3-9,15,18,22,24,31H,10-14,16-17H2,1-2H3,(H,33,34)/t18?,22-,24-,26?/m0/s1. The van der Waals surface area contributed by atoms with Crippen LogP contribution >= 0.6 is 0 Å². The molecule has 2 atom stereocenters. The molecule has 0 radical (unpaired) electrons. The molecule has 2 N–H and O–H groups in total. The van der Waals surface area contributed by atoms with E-state index in [1.807, 2.05) is 18.2 Å². The van der Waals surface area contributed by atoms with Crippen molar-refractivity contribution in [3.63, 3.8) is 0 Å². The van der Waals surface area contributed by atoms with E-state index in [2.05, 4.69) is 36.4 Å². The summed E-state index contributed by atoms with van der Waals surface area (Å²) in [6, 6.07) is 13.6. The van der Waals surface area contributed by atoms with Crippen molar-refractivity contribution < 1.29 is 27.8 Å². The molecule has 190 valence electrons. The first-order chi connectivity index (χ1) is 16.6. The Kier molecular flexibility index (Phi) is 7.43. The Bertz CT molecular complexity index is 1020. The smallest absolute Gasteiger partial charge is 0.416 e. The number of benzene rings is 2. The van der Waals surface area contributed by atoms with Crippen LogP contribution in [-0.4, -0.2) is 48.8 Å². The molecule has 2 aromatic rings. The van der Waals surface area contributed by atoms with Crippen LogP contribution in [0.3, 0.4) is 0 Å². The molecule has 8 heteroatoms. The number of carboxylic acid groups (broad SMARTS) is 1. The Balaban J connectivity index is 1.49. The largest absolute Gasteiger partial charge is 0.489 e. The molecule has 1 saturated carbocycles. The Morgan fingerprint density at radius 1 is 1.14 bits per heavy atom. The molecular weight excluding hydrogens is 457 g/mol. The van der Waals surface area contributed by atoms with E-state index in [1.165, 1.54) is 17.7 Å². The van der Waals surface area contributed by atoms with Gasteiger partial charge in [0.1, 0.15) is 17.9 Å². The average molecular weight is 491 g/mol. The fourth-order valence-corrected chi connectivity index (χ4v) is 5.68. The molecule has 0 spiro atoms. The molecule has 2 aliphatic rings. The molecule has 0 amide bonds. The number of nitrogens with one attached hydrogen (secondary N) is 1. The molecule has 4 rings (SSSR count). The predicted molar refractivity (Wildman–Crippen MR) is 127 cm³/mol. The van der Waals surface area contributed by atoms with Gasteiger partial charge in [-0.3, -0.25) is 9.69 Å². The summed E-state index contributed by atoms with van der Waals surface area (Å²) in [6.45, 7) is 0.349. The van der Waals surface area contributed by atoms with E-state index in [-0.39, 0.29) is 29.5 Å².